The van der Waals surface area contributed by atoms with Gasteiger partial charge in [0.05, 0.1) is 18.0 Å². The van der Waals surface area contributed by atoms with E-state index in [1.54, 1.807) is 17.1 Å². The Morgan fingerprint density at radius 2 is 1.81 bits per heavy atom. The molecule has 1 atom stereocenters. The molecule has 1 aliphatic heterocycles. The second kappa shape index (κ2) is 7.29. The fourth-order valence-corrected chi connectivity index (χ4v) is 3.52. The van der Waals surface area contributed by atoms with Gasteiger partial charge in [-0.3, -0.25) is 9.52 Å². The van der Waals surface area contributed by atoms with Gasteiger partial charge in [0.2, 0.25) is 15.9 Å². The second-order valence-corrected chi connectivity index (χ2v) is 7.97. The molecule has 0 aliphatic carbocycles. The molecule has 1 aliphatic rings. The number of nitrogens with zero attached hydrogens (tertiary/aromatic N) is 2. The van der Waals surface area contributed by atoms with Crippen LogP contribution < -0.4 is 4.72 Å². The average Bonchev–Trinajstić information content (AvgIpc) is 3.06. The van der Waals surface area contributed by atoms with Crippen LogP contribution in [0.15, 0.2) is 59.7 Å². The van der Waals surface area contributed by atoms with Crippen molar-refractivity contribution in [2.75, 3.05) is 11.0 Å². The van der Waals surface area contributed by atoms with Crippen LogP contribution in [0.2, 0.25) is 0 Å². The molecular weight excluding hydrogens is 350 g/mol. The Labute approximate surface area is 153 Å². The van der Waals surface area contributed by atoms with Crippen LogP contribution >= 0.6 is 0 Å². The number of carbonyl (C=O) groups is 1. The Bertz CT molecular complexity index is 922. The maximum Gasteiger partial charge on any atom is 0.242 e. The van der Waals surface area contributed by atoms with Gasteiger partial charge in [-0.15, -0.1) is 0 Å². The lowest BCUT2D eigenvalue weighted by atomic mass is 9.98. The minimum absolute atomic E-state index is 0.0239. The largest absolute Gasteiger partial charge is 0.284 e. The van der Waals surface area contributed by atoms with E-state index >= 15 is 0 Å². The number of anilines is 1. The molecule has 1 amide bonds. The summed E-state index contributed by atoms with van der Waals surface area (Å²) >= 11 is 0. The molecule has 0 fully saturated rings. The molecule has 1 heterocycles. The predicted molar refractivity (Wildman–Crippen MR) is 102 cm³/mol. The molecule has 6 nitrogen and oxygen atoms in total. The second-order valence-electron chi connectivity index (χ2n) is 6.22. The third kappa shape index (κ3) is 4.11. The number of hydrogen-bond donors (Lipinski definition) is 1. The highest BCUT2D eigenvalue weighted by Crippen LogP contribution is 2.33. The minimum Gasteiger partial charge on any atom is -0.284 e. The molecule has 3 rings (SSSR count). The zero-order valence-corrected chi connectivity index (χ0v) is 15.5. The van der Waals surface area contributed by atoms with E-state index in [9.17, 15) is 13.2 Å². The van der Waals surface area contributed by atoms with Crippen LogP contribution in [0.4, 0.5) is 5.69 Å². The molecule has 0 radical (unpaired) electrons. The highest BCUT2D eigenvalue weighted by Gasteiger charge is 2.32. The van der Waals surface area contributed by atoms with Crippen molar-refractivity contribution in [1.82, 2.24) is 5.01 Å². The minimum atomic E-state index is -3.31. The third-order valence-electron chi connectivity index (χ3n) is 4.17. The van der Waals surface area contributed by atoms with Gasteiger partial charge in [0.25, 0.3) is 0 Å². The van der Waals surface area contributed by atoms with Gasteiger partial charge in [-0.2, -0.15) is 5.10 Å². The number of amides is 1. The summed E-state index contributed by atoms with van der Waals surface area (Å²) in [4.78, 5) is 12.3. The van der Waals surface area contributed by atoms with Crippen molar-refractivity contribution in [1.29, 1.82) is 0 Å². The van der Waals surface area contributed by atoms with E-state index in [0.29, 0.717) is 18.5 Å². The first kappa shape index (κ1) is 18.1. The van der Waals surface area contributed by atoms with Crippen molar-refractivity contribution >= 4 is 27.3 Å². The van der Waals surface area contributed by atoms with Crippen molar-refractivity contribution in [2.24, 2.45) is 5.10 Å². The van der Waals surface area contributed by atoms with Crippen molar-refractivity contribution in [3.05, 3.63) is 65.7 Å². The Hall–Kier alpha value is -2.67. The van der Waals surface area contributed by atoms with Crippen LogP contribution in [0.5, 0.6) is 0 Å². The fraction of sp³-hybridized carbons (Fsp3) is 0.263. The summed E-state index contributed by atoms with van der Waals surface area (Å²) in [7, 11) is -3.31. The number of carbonyl (C=O) groups excluding carboxylic acids is 1. The quantitative estimate of drug-likeness (QED) is 0.877. The maximum atomic E-state index is 12.3. The lowest BCUT2D eigenvalue weighted by Crippen LogP contribution is -2.26. The van der Waals surface area contributed by atoms with E-state index < -0.39 is 10.0 Å². The molecule has 136 valence electrons. The fourth-order valence-electron chi connectivity index (χ4n) is 2.96. The summed E-state index contributed by atoms with van der Waals surface area (Å²) < 4.78 is 25.1. The number of nitrogens with one attached hydrogen (secondary N) is 1. The summed E-state index contributed by atoms with van der Waals surface area (Å²) in [5.41, 5.74) is 3.22. The van der Waals surface area contributed by atoms with E-state index in [2.05, 4.69) is 9.82 Å². The maximum absolute atomic E-state index is 12.3. The van der Waals surface area contributed by atoms with E-state index in [0.717, 1.165) is 23.1 Å². The summed E-state index contributed by atoms with van der Waals surface area (Å²) in [5, 5.41) is 6.12. The monoisotopic (exact) mass is 371 g/mol. The molecule has 26 heavy (non-hydrogen) atoms. The zero-order valence-electron chi connectivity index (χ0n) is 14.7. The van der Waals surface area contributed by atoms with Crippen molar-refractivity contribution in [2.45, 2.75) is 25.8 Å². The molecule has 0 unspecified atom stereocenters. The van der Waals surface area contributed by atoms with Crippen LogP contribution in [0.1, 0.15) is 36.9 Å². The van der Waals surface area contributed by atoms with Crippen LogP contribution in [-0.4, -0.2) is 31.3 Å². The summed E-state index contributed by atoms with van der Waals surface area (Å²) in [5.74, 6) is -0.0239. The van der Waals surface area contributed by atoms with E-state index in [-0.39, 0.29) is 11.9 Å². The number of rotatable bonds is 5. The number of hydrazone groups is 1. The van der Waals surface area contributed by atoms with Crippen molar-refractivity contribution in [3.63, 3.8) is 0 Å². The molecular formula is C19H21N3O3S. The lowest BCUT2D eigenvalue weighted by Gasteiger charge is -2.21. The van der Waals surface area contributed by atoms with Gasteiger partial charge in [0.1, 0.15) is 0 Å². The molecule has 0 saturated carbocycles. The zero-order chi connectivity index (χ0) is 18.7. The van der Waals surface area contributed by atoms with E-state index in [1.807, 2.05) is 49.4 Å². The number of hydrogen-bond acceptors (Lipinski definition) is 4. The molecule has 1 N–H and O–H groups in total. The summed E-state index contributed by atoms with van der Waals surface area (Å²) in [6.07, 6.45) is 2.12. The Morgan fingerprint density at radius 3 is 2.38 bits per heavy atom. The SMILES string of the molecule is CCC(=O)N1N=C(c2ccc(NS(C)(=O)=O)cc2)C[C@H]1c1ccccc1. The van der Waals surface area contributed by atoms with Crippen LogP contribution in [0.3, 0.4) is 0 Å². The van der Waals surface area contributed by atoms with Crippen LogP contribution in [0.25, 0.3) is 0 Å². The Kier molecular flexibility index (Phi) is 5.08. The van der Waals surface area contributed by atoms with Gasteiger partial charge < -0.3 is 0 Å². The van der Waals surface area contributed by atoms with Crippen LogP contribution in [0, 0.1) is 0 Å². The van der Waals surface area contributed by atoms with Gasteiger partial charge in [-0.25, -0.2) is 13.4 Å². The molecule has 7 heteroatoms. The predicted octanol–water partition coefficient (Wildman–Crippen LogP) is 3.15. The summed E-state index contributed by atoms with van der Waals surface area (Å²) in [6, 6.07) is 16.7. The van der Waals surface area contributed by atoms with Gasteiger partial charge in [0, 0.05) is 18.5 Å². The van der Waals surface area contributed by atoms with E-state index in [4.69, 9.17) is 0 Å². The Balaban J connectivity index is 1.87. The van der Waals surface area contributed by atoms with Gasteiger partial charge in [-0.05, 0) is 23.3 Å². The third-order valence-corrected chi connectivity index (χ3v) is 4.78. The van der Waals surface area contributed by atoms with Crippen molar-refractivity contribution in [3.8, 4) is 0 Å². The lowest BCUT2D eigenvalue weighted by molar-refractivity contribution is -0.132. The normalized spacial score (nSPS) is 17.1. The van der Waals surface area contributed by atoms with Crippen LogP contribution in [-0.2, 0) is 14.8 Å². The molecule has 2 aromatic carbocycles. The molecule has 0 spiro atoms. The highest BCUT2D eigenvalue weighted by molar-refractivity contribution is 7.92. The highest BCUT2D eigenvalue weighted by atomic mass is 32.2. The van der Waals surface area contributed by atoms with Gasteiger partial charge >= 0.3 is 0 Å². The molecule has 0 saturated heterocycles. The standard InChI is InChI=1S/C19H21N3O3S/c1-3-19(23)22-18(15-7-5-4-6-8-15)13-17(20-22)14-9-11-16(12-10-14)21-26(2,24)25/h4-12,18,21H,3,13H2,1-2H3/t18-/m0/s1. The molecule has 0 aromatic heterocycles. The Morgan fingerprint density at radius 1 is 1.15 bits per heavy atom. The molecule has 0 bridgehead atoms. The van der Waals surface area contributed by atoms with Gasteiger partial charge in [0.15, 0.2) is 0 Å². The first-order valence-corrected chi connectivity index (χ1v) is 10.3. The number of benzene rings is 2. The first-order chi connectivity index (χ1) is 12.4. The number of sulfonamides is 1. The summed E-state index contributed by atoms with van der Waals surface area (Å²) in [6.45, 7) is 1.82. The average molecular weight is 371 g/mol. The topological polar surface area (TPSA) is 78.8 Å². The van der Waals surface area contributed by atoms with E-state index in [1.165, 1.54) is 0 Å². The molecule has 2 aromatic rings. The van der Waals surface area contributed by atoms with Crippen molar-refractivity contribution < 1.29 is 13.2 Å². The smallest absolute Gasteiger partial charge is 0.242 e. The van der Waals surface area contributed by atoms with Gasteiger partial charge in [-0.1, -0.05) is 49.4 Å². The first-order valence-electron chi connectivity index (χ1n) is 8.40.